The van der Waals surface area contributed by atoms with Crippen LogP contribution >= 0.6 is 0 Å². The summed E-state index contributed by atoms with van der Waals surface area (Å²) in [5.41, 5.74) is 2.16. The van der Waals surface area contributed by atoms with Crippen molar-refractivity contribution in [1.82, 2.24) is 5.32 Å². The molecule has 1 N–H and O–H groups in total. The molecule has 0 atom stereocenters. The molecule has 18 heavy (non-hydrogen) atoms. The standard InChI is InChI=1S/C16H25NO/c1-5-6-11-17-16(3,4)12-14-7-9-15(10-8-14)13(2)18/h7-10,17H,5-6,11-12H2,1-4H3. The summed E-state index contributed by atoms with van der Waals surface area (Å²) in [7, 11) is 0. The van der Waals surface area contributed by atoms with Gasteiger partial charge in [0.15, 0.2) is 5.78 Å². The Morgan fingerprint density at radius 3 is 2.33 bits per heavy atom. The van der Waals surface area contributed by atoms with Crippen LogP contribution in [0.5, 0.6) is 0 Å². The molecule has 0 aliphatic carbocycles. The minimum Gasteiger partial charge on any atom is -0.311 e. The number of benzene rings is 1. The van der Waals surface area contributed by atoms with E-state index in [4.69, 9.17) is 0 Å². The molecule has 0 heterocycles. The number of nitrogens with one attached hydrogen (secondary N) is 1. The molecule has 0 aromatic heterocycles. The van der Waals surface area contributed by atoms with Crippen molar-refractivity contribution in [2.75, 3.05) is 6.54 Å². The Kier molecular flexibility index (Phi) is 5.54. The molecule has 0 spiro atoms. The van der Waals surface area contributed by atoms with Crippen LogP contribution in [0.3, 0.4) is 0 Å². The monoisotopic (exact) mass is 247 g/mol. The lowest BCUT2D eigenvalue weighted by atomic mass is 9.94. The summed E-state index contributed by atoms with van der Waals surface area (Å²) in [6.45, 7) is 9.32. The van der Waals surface area contributed by atoms with Crippen LogP contribution in [0.2, 0.25) is 0 Å². The Labute approximate surface area is 111 Å². The maximum absolute atomic E-state index is 11.2. The first-order valence-corrected chi connectivity index (χ1v) is 6.79. The van der Waals surface area contributed by atoms with E-state index < -0.39 is 0 Å². The van der Waals surface area contributed by atoms with Crippen LogP contribution < -0.4 is 5.32 Å². The average molecular weight is 247 g/mol. The Morgan fingerprint density at radius 2 is 1.83 bits per heavy atom. The maximum Gasteiger partial charge on any atom is 0.159 e. The van der Waals surface area contributed by atoms with E-state index in [0.717, 1.165) is 18.5 Å². The molecule has 0 amide bonds. The Bertz CT molecular complexity index is 379. The molecule has 0 fully saturated rings. The molecule has 0 aliphatic heterocycles. The number of unbranched alkanes of at least 4 members (excludes halogenated alkanes) is 1. The van der Waals surface area contributed by atoms with Gasteiger partial charge in [-0.1, -0.05) is 37.6 Å². The number of rotatable bonds is 7. The molecule has 0 unspecified atom stereocenters. The third-order valence-corrected chi connectivity index (χ3v) is 3.14. The first kappa shape index (κ1) is 14.9. The normalized spacial score (nSPS) is 11.6. The fourth-order valence-corrected chi connectivity index (χ4v) is 2.03. The molecule has 2 nitrogen and oxygen atoms in total. The Balaban J connectivity index is 2.57. The van der Waals surface area contributed by atoms with Gasteiger partial charge < -0.3 is 5.32 Å². The number of carbonyl (C=O) groups is 1. The first-order valence-electron chi connectivity index (χ1n) is 6.79. The maximum atomic E-state index is 11.2. The highest BCUT2D eigenvalue weighted by molar-refractivity contribution is 5.93. The molecule has 1 aromatic rings. The largest absolute Gasteiger partial charge is 0.311 e. The summed E-state index contributed by atoms with van der Waals surface area (Å²) >= 11 is 0. The number of carbonyl (C=O) groups excluding carboxylic acids is 1. The molecular weight excluding hydrogens is 222 g/mol. The minimum absolute atomic E-state index is 0.104. The van der Waals surface area contributed by atoms with Crippen molar-refractivity contribution in [3.8, 4) is 0 Å². The SMILES string of the molecule is CCCCNC(C)(C)Cc1ccc(C(C)=O)cc1. The fraction of sp³-hybridized carbons (Fsp3) is 0.562. The second-order valence-electron chi connectivity index (χ2n) is 5.59. The molecule has 0 radical (unpaired) electrons. The van der Waals surface area contributed by atoms with Crippen molar-refractivity contribution in [2.45, 2.75) is 52.5 Å². The van der Waals surface area contributed by atoms with Crippen molar-refractivity contribution in [1.29, 1.82) is 0 Å². The Hall–Kier alpha value is -1.15. The summed E-state index contributed by atoms with van der Waals surface area (Å²) in [6, 6.07) is 7.94. The molecule has 2 heteroatoms. The number of ketones is 1. The highest BCUT2D eigenvalue weighted by Gasteiger charge is 2.17. The van der Waals surface area contributed by atoms with Gasteiger partial charge >= 0.3 is 0 Å². The molecule has 0 saturated carbocycles. The third-order valence-electron chi connectivity index (χ3n) is 3.14. The molecule has 1 rings (SSSR count). The van der Waals surface area contributed by atoms with Crippen molar-refractivity contribution in [2.24, 2.45) is 0 Å². The van der Waals surface area contributed by atoms with Crippen LogP contribution in [-0.4, -0.2) is 17.9 Å². The second-order valence-corrected chi connectivity index (χ2v) is 5.59. The summed E-state index contributed by atoms with van der Waals surface area (Å²) in [6.07, 6.45) is 3.41. The average Bonchev–Trinajstić information content (AvgIpc) is 2.29. The van der Waals surface area contributed by atoms with Gasteiger partial charge in [-0.2, -0.15) is 0 Å². The van der Waals surface area contributed by atoms with E-state index in [1.165, 1.54) is 18.4 Å². The molecular formula is C16H25NO. The van der Waals surface area contributed by atoms with Gasteiger partial charge in [0, 0.05) is 11.1 Å². The van der Waals surface area contributed by atoms with Crippen LogP contribution in [0.1, 0.15) is 56.5 Å². The number of Topliss-reactive ketones (excluding diaryl/α,β-unsaturated/α-hetero) is 1. The Morgan fingerprint density at radius 1 is 1.22 bits per heavy atom. The van der Waals surface area contributed by atoms with Crippen molar-refractivity contribution in [3.63, 3.8) is 0 Å². The minimum atomic E-state index is 0.104. The van der Waals surface area contributed by atoms with E-state index in [9.17, 15) is 4.79 Å². The van der Waals surface area contributed by atoms with E-state index in [1.54, 1.807) is 6.92 Å². The summed E-state index contributed by atoms with van der Waals surface area (Å²) in [5, 5.41) is 3.58. The summed E-state index contributed by atoms with van der Waals surface area (Å²) in [4.78, 5) is 11.2. The van der Waals surface area contributed by atoms with Gasteiger partial charge in [-0.3, -0.25) is 4.79 Å². The molecule has 0 saturated heterocycles. The van der Waals surface area contributed by atoms with E-state index in [-0.39, 0.29) is 11.3 Å². The smallest absolute Gasteiger partial charge is 0.159 e. The molecule has 0 aliphatic rings. The second kappa shape index (κ2) is 6.69. The zero-order valence-electron chi connectivity index (χ0n) is 12.0. The van der Waals surface area contributed by atoms with Gasteiger partial charge in [0.1, 0.15) is 0 Å². The fourth-order valence-electron chi connectivity index (χ4n) is 2.03. The van der Waals surface area contributed by atoms with E-state index in [2.05, 4.69) is 38.2 Å². The topological polar surface area (TPSA) is 29.1 Å². The number of hydrogen-bond acceptors (Lipinski definition) is 2. The van der Waals surface area contributed by atoms with E-state index in [0.29, 0.717) is 0 Å². The van der Waals surface area contributed by atoms with E-state index in [1.807, 2.05) is 12.1 Å². The summed E-state index contributed by atoms with van der Waals surface area (Å²) < 4.78 is 0. The predicted octanol–water partition coefficient (Wildman–Crippen LogP) is 3.60. The van der Waals surface area contributed by atoms with Crippen molar-refractivity contribution in [3.05, 3.63) is 35.4 Å². The highest BCUT2D eigenvalue weighted by atomic mass is 16.1. The van der Waals surface area contributed by atoms with Crippen LogP contribution in [0.15, 0.2) is 24.3 Å². The molecule has 1 aromatic carbocycles. The van der Waals surface area contributed by atoms with Gasteiger partial charge in [-0.05, 0) is 45.7 Å². The van der Waals surface area contributed by atoms with Crippen LogP contribution in [-0.2, 0) is 6.42 Å². The van der Waals surface area contributed by atoms with Gasteiger partial charge in [0.2, 0.25) is 0 Å². The quantitative estimate of drug-likeness (QED) is 0.589. The lowest BCUT2D eigenvalue weighted by Gasteiger charge is -2.26. The van der Waals surface area contributed by atoms with Gasteiger partial charge in [0.05, 0.1) is 0 Å². The van der Waals surface area contributed by atoms with Crippen molar-refractivity contribution < 1.29 is 4.79 Å². The molecule has 100 valence electrons. The lowest BCUT2D eigenvalue weighted by molar-refractivity contribution is 0.101. The van der Waals surface area contributed by atoms with Gasteiger partial charge in [-0.25, -0.2) is 0 Å². The first-order chi connectivity index (χ1) is 8.44. The number of hydrogen-bond donors (Lipinski definition) is 1. The van der Waals surface area contributed by atoms with Crippen LogP contribution in [0.25, 0.3) is 0 Å². The lowest BCUT2D eigenvalue weighted by Crippen LogP contribution is -2.41. The summed E-state index contributed by atoms with van der Waals surface area (Å²) in [5.74, 6) is 0.127. The molecule has 0 bridgehead atoms. The van der Waals surface area contributed by atoms with E-state index >= 15 is 0 Å². The zero-order valence-corrected chi connectivity index (χ0v) is 12.0. The van der Waals surface area contributed by atoms with Gasteiger partial charge in [0.25, 0.3) is 0 Å². The zero-order chi connectivity index (χ0) is 13.6. The predicted molar refractivity (Wildman–Crippen MR) is 77.1 cm³/mol. The van der Waals surface area contributed by atoms with Crippen LogP contribution in [0.4, 0.5) is 0 Å². The van der Waals surface area contributed by atoms with Crippen molar-refractivity contribution >= 4 is 5.78 Å². The third kappa shape index (κ3) is 5.01. The van der Waals surface area contributed by atoms with Crippen LogP contribution in [0, 0.1) is 0 Å². The highest BCUT2D eigenvalue weighted by Crippen LogP contribution is 2.14. The van der Waals surface area contributed by atoms with Gasteiger partial charge in [-0.15, -0.1) is 0 Å².